The minimum Gasteiger partial charge on any atom is -0.503 e. The number of aromatic hydroxyl groups is 1. The molecule has 0 radical (unpaired) electrons. The third-order valence-electron chi connectivity index (χ3n) is 2.12. The maximum Gasteiger partial charge on any atom is 0.352 e. The monoisotopic (exact) mass is 329 g/mol. The van der Waals surface area contributed by atoms with Crippen LogP contribution in [0, 0.1) is 0 Å². The number of methoxy groups -OCH3 is 1. The van der Waals surface area contributed by atoms with E-state index in [1.54, 1.807) is 0 Å². The van der Waals surface area contributed by atoms with Crippen molar-refractivity contribution in [3.05, 3.63) is 27.9 Å². The largest absolute Gasteiger partial charge is 0.503 e. The number of benzene rings is 1. The van der Waals surface area contributed by atoms with Crippen molar-refractivity contribution < 1.29 is 24.5 Å². The van der Waals surface area contributed by atoms with Crippen LogP contribution in [0.5, 0.6) is 11.5 Å². The molecule has 1 aromatic rings. The summed E-state index contributed by atoms with van der Waals surface area (Å²) in [6.07, 6.45) is 1.26. The third kappa shape index (κ3) is 3.99. The molecule has 0 unspecified atom stereocenters. The Morgan fingerprint density at radius 1 is 1.42 bits per heavy atom. The van der Waals surface area contributed by atoms with Crippen molar-refractivity contribution in [2.75, 3.05) is 7.11 Å². The second kappa shape index (κ2) is 6.24. The molecule has 0 spiro atoms. The number of carbonyl (C=O) groups is 2. The molecule has 0 aliphatic rings. The number of hydrogen-bond donors (Lipinski definition) is 3. The molecule has 6 nitrogen and oxygen atoms in total. The Labute approximate surface area is 117 Å². The van der Waals surface area contributed by atoms with Gasteiger partial charge in [0, 0.05) is 6.92 Å². The predicted octanol–water partition coefficient (Wildman–Crippen LogP) is 1.72. The molecule has 0 aliphatic heterocycles. The summed E-state index contributed by atoms with van der Waals surface area (Å²) in [6.45, 7) is 1.21. The molecule has 0 aliphatic carbocycles. The number of phenols is 1. The Balaban J connectivity index is 3.24. The summed E-state index contributed by atoms with van der Waals surface area (Å²) in [6, 6.07) is 2.95. The van der Waals surface area contributed by atoms with Crippen LogP contribution in [-0.2, 0) is 9.59 Å². The zero-order valence-electron chi connectivity index (χ0n) is 10.2. The summed E-state index contributed by atoms with van der Waals surface area (Å²) in [5.74, 6) is -1.65. The number of carbonyl (C=O) groups excluding carboxylic acids is 1. The molecule has 0 saturated carbocycles. The summed E-state index contributed by atoms with van der Waals surface area (Å²) in [5, 5.41) is 20.8. The van der Waals surface area contributed by atoms with Crippen LogP contribution >= 0.6 is 15.9 Å². The van der Waals surface area contributed by atoms with Gasteiger partial charge in [0.1, 0.15) is 5.70 Å². The normalized spacial score (nSPS) is 11.0. The van der Waals surface area contributed by atoms with Gasteiger partial charge in [0.15, 0.2) is 11.5 Å². The van der Waals surface area contributed by atoms with Crippen LogP contribution in [0.4, 0.5) is 0 Å². The van der Waals surface area contributed by atoms with Crippen LogP contribution in [0.3, 0.4) is 0 Å². The van der Waals surface area contributed by atoms with E-state index in [1.165, 1.54) is 32.2 Å². The van der Waals surface area contributed by atoms with Crippen molar-refractivity contribution in [1.29, 1.82) is 0 Å². The highest BCUT2D eigenvalue weighted by molar-refractivity contribution is 9.10. The van der Waals surface area contributed by atoms with Gasteiger partial charge >= 0.3 is 5.97 Å². The maximum atomic E-state index is 11.0. The van der Waals surface area contributed by atoms with Crippen molar-refractivity contribution in [1.82, 2.24) is 5.32 Å². The minimum atomic E-state index is -1.27. The van der Waals surface area contributed by atoms with Crippen molar-refractivity contribution >= 4 is 33.9 Å². The van der Waals surface area contributed by atoms with Crippen LogP contribution in [0.1, 0.15) is 12.5 Å². The second-order valence-corrected chi connectivity index (χ2v) is 4.45. The quantitative estimate of drug-likeness (QED) is 0.731. The summed E-state index contributed by atoms with van der Waals surface area (Å²) < 4.78 is 5.30. The molecular weight excluding hydrogens is 318 g/mol. The number of aliphatic carboxylic acids is 1. The smallest absolute Gasteiger partial charge is 0.352 e. The summed E-state index contributed by atoms with van der Waals surface area (Å²) in [7, 11) is 1.38. The van der Waals surface area contributed by atoms with Gasteiger partial charge in [-0.2, -0.15) is 0 Å². The first kappa shape index (κ1) is 15.0. The van der Waals surface area contributed by atoms with Crippen LogP contribution in [0.2, 0.25) is 0 Å². The Morgan fingerprint density at radius 3 is 2.53 bits per heavy atom. The van der Waals surface area contributed by atoms with E-state index >= 15 is 0 Å². The SMILES string of the molecule is COc1cc(C=C(NC(C)=O)C(=O)O)cc(Br)c1O. The molecule has 0 saturated heterocycles. The lowest BCUT2D eigenvalue weighted by atomic mass is 10.1. The molecule has 0 atom stereocenters. The number of nitrogens with one attached hydrogen (secondary N) is 1. The lowest BCUT2D eigenvalue weighted by Gasteiger charge is -2.08. The zero-order valence-corrected chi connectivity index (χ0v) is 11.8. The molecule has 3 N–H and O–H groups in total. The first-order valence-electron chi connectivity index (χ1n) is 5.14. The van der Waals surface area contributed by atoms with Crippen molar-refractivity contribution in [3.63, 3.8) is 0 Å². The highest BCUT2D eigenvalue weighted by Gasteiger charge is 2.12. The van der Waals surface area contributed by atoms with Crippen LogP contribution in [-0.4, -0.2) is 29.2 Å². The fraction of sp³-hybridized carbons (Fsp3) is 0.167. The van der Waals surface area contributed by atoms with E-state index < -0.39 is 11.9 Å². The third-order valence-corrected chi connectivity index (χ3v) is 2.73. The van der Waals surface area contributed by atoms with Gasteiger partial charge < -0.3 is 20.3 Å². The number of ether oxygens (including phenoxy) is 1. The van der Waals surface area contributed by atoms with Crippen LogP contribution in [0.25, 0.3) is 6.08 Å². The molecule has 19 heavy (non-hydrogen) atoms. The average Bonchev–Trinajstić information content (AvgIpc) is 2.31. The Kier molecular flexibility index (Phi) is 4.94. The van der Waals surface area contributed by atoms with E-state index in [2.05, 4.69) is 21.2 Å². The van der Waals surface area contributed by atoms with Gasteiger partial charge in [0.2, 0.25) is 5.91 Å². The molecule has 1 rings (SSSR count). The minimum absolute atomic E-state index is 0.0870. The number of hydrogen-bond acceptors (Lipinski definition) is 4. The lowest BCUT2D eigenvalue weighted by molar-refractivity contribution is -0.134. The molecule has 102 valence electrons. The summed E-state index contributed by atoms with van der Waals surface area (Å²) in [5.41, 5.74) is 0.180. The fourth-order valence-electron chi connectivity index (χ4n) is 1.34. The predicted molar refractivity (Wildman–Crippen MR) is 71.8 cm³/mol. The molecular formula is C12H12BrNO5. The molecule has 0 aromatic heterocycles. The molecule has 1 amide bonds. The first-order valence-corrected chi connectivity index (χ1v) is 5.93. The fourth-order valence-corrected chi connectivity index (χ4v) is 1.80. The average molecular weight is 330 g/mol. The molecule has 0 fully saturated rings. The van der Waals surface area contributed by atoms with Crippen LogP contribution in [0.15, 0.2) is 22.3 Å². The highest BCUT2D eigenvalue weighted by Crippen LogP contribution is 2.35. The van der Waals surface area contributed by atoms with Gasteiger partial charge in [0.05, 0.1) is 11.6 Å². The molecule has 1 aromatic carbocycles. The van der Waals surface area contributed by atoms with E-state index in [0.29, 0.717) is 10.0 Å². The topological polar surface area (TPSA) is 95.9 Å². The van der Waals surface area contributed by atoms with Gasteiger partial charge in [-0.05, 0) is 39.7 Å². The van der Waals surface area contributed by atoms with E-state index in [4.69, 9.17) is 9.84 Å². The number of carboxylic acid groups (broad SMARTS) is 1. The van der Waals surface area contributed by atoms with E-state index in [0.717, 1.165) is 0 Å². The standard InChI is InChI=1S/C12H12BrNO5/c1-6(15)14-9(12(17)18)4-7-3-8(13)11(16)10(5-7)19-2/h3-5,16H,1-2H3,(H,14,15)(H,17,18). The summed E-state index contributed by atoms with van der Waals surface area (Å²) in [4.78, 5) is 21.9. The van der Waals surface area contributed by atoms with E-state index in [9.17, 15) is 14.7 Å². The molecule has 0 heterocycles. The Hall–Kier alpha value is -2.02. The number of carboxylic acids is 1. The van der Waals surface area contributed by atoms with Gasteiger partial charge in [-0.25, -0.2) is 4.79 Å². The van der Waals surface area contributed by atoms with Crippen LogP contribution < -0.4 is 10.1 Å². The Bertz CT molecular complexity index is 553. The summed E-state index contributed by atoms with van der Waals surface area (Å²) >= 11 is 3.12. The molecule has 0 bridgehead atoms. The number of amides is 1. The highest BCUT2D eigenvalue weighted by atomic mass is 79.9. The maximum absolute atomic E-state index is 11.0. The number of phenolic OH excluding ortho intramolecular Hbond substituents is 1. The van der Waals surface area contributed by atoms with E-state index in [1.807, 2.05) is 0 Å². The number of rotatable bonds is 4. The second-order valence-electron chi connectivity index (χ2n) is 3.60. The van der Waals surface area contributed by atoms with Crippen molar-refractivity contribution in [2.24, 2.45) is 0 Å². The van der Waals surface area contributed by atoms with Crippen molar-refractivity contribution in [2.45, 2.75) is 6.92 Å². The number of halogens is 1. The van der Waals surface area contributed by atoms with E-state index in [-0.39, 0.29) is 17.2 Å². The van der Waals surface area contributed by atoms with Gasteiger partial charge in [-0.15, -0.1) is 0 Å². The van der Waals surface area contributed by atoms with Gasteiger partial charge in [-0.1, -0.05) is 0 Å². The lowest BCUT2D eigenvalue weighted by Crippen LogP contribution is -2.24. The van der Waals surface area contributed by atoms with Gasteiger partial charge in [-0.3, -0.25) is 4.79 Å². The van der Waals surface area contributed by atoms with Gasteiger partial charge in [0.25, 0.3) is 0 Å². The van der Waals surface area contributed by atoms with Crippen molar-refractivity contribution in [3.8, 4) is 11.5 Å². The first-order chi connectivity index (χ1) is 8.85. The zero-order chi connectivity index (χ0) is 14.6. The Morgan fingerprint density at radius 2 is 2.05 bits per heavy atom. The molecule has 7 heteroatoms.